The lowest BCUT2D eigenvalue weighted by Crippen LogP contribution is -2.40. The molecule has 76 valence electrons. The van der Waals surface area contributed by atoms with E-state index in [1.165, 1.54) is 12.4 Å². The van der Waals surface area contributed by atoms with Crippen molar-refractivity contribution >= 4 is 17.5 Å². The molecule has 1 rings (SSSR count). The van der Waals surface area contributed by atoms with E-state index in [4.69, 9.17) is 11.6 Å². The fourth-order valence-corrected chi connectivity index (χ4v) is 0.932. The molecule has 0 spiro atoms. The van der Waals surface area contributed by atoms with Crippen molar-refractivity contribution in [3.8, 4) is 0 Å². The number of halogens is 1. The van der Waals surface area contributed by atoms with Crippen LogP contribution >= 0.6 is 11.6 Å². The first-order chi connectivity index (χ1) is 6.38. The first kappa shape index (κ1) is 10.9. The highest BCUT2D eigenvalue weighted by Gasteiger charge is 2.16. The average molecular weight is 214 g/mol. The zero-order chi connectivity index (χ0) is 10.8. The third-order valence-electron chi connectivity index (χ3n) is 1.34. The van der Waals surface area contributed by atoms with Crippen LogP contribution in [0.3, 0.4) is 0 Å². The van der Waals surface area contributed by atoms with Gasteiger partial charge < -0.3 is 5.32 Å². The maximum atomic E-state index is 11.5. The van der Waals surface area contributed by atoms with E-state index in [1.807, 2.05) is 20.8 Å². The molecular formula is C9H12ClN3O. The highest BCUT2D eigenvalue weighted by atomic mass is 35.5. The standard InChI is InChI=1S/C9H12ClN3O/c1-9(2,3)13-8(14)6-4-12-7(10)5-11-6/h4-5H,1-3H3,(H,13,14). The fourth-order valence-electron chi connectivity index (χ4n) is 0.834. The first-order valence-corrected chi connectivity index (χ1v) is 4.56. The third-order valence-corrected chi connectivity index (χ3v) is 1.54. The Morgan fingerprint density at radius 3 is 2.43 bits per heavy atom. The second-order valence-corrected chi connectivity index (χ2v) is 4.32. The lowest BCUT2D eigenvalue weighted by molar-refractivity contribution is 0.0914. The SMILES string of the molecule is CC(C)(C)NC(=O)c1cnc(Cl)cn1. The maximum absolute atomic E-state index is 11.5. The van der Waals surface area contributed by atoms with Crippen LogP contribution in [0.15, 0.2) is 12.4 Å². The summed E-state index contributed by atoms with van der Waals surface area (Å²) >= 11 is 5.54. The van der Waals surface area contributed by atoms with Gasteiger partial charge in [0.05, 0.1) is 12.4 Å². The predicted molar refractivity (Wildman–Crippen MR) is 54.3 cm³/mol. The lowest BCUT2D eigenvalue weighted by Gasteiger charge is -2.19. The van der Waals surface area contributed by atoms with Crippen LogP contribution in [-0.2, 0) is 0 Å². The minimum Gasteiger partial charge on any atom is -0.346 e. The molecule has 0 aromatic carbocycles. The van der Waals surface area contributed by atoms with E-state index in [0.717, 1.165) is 0 Å². The van der Waals surface area contributed by atoms with Gasteiger partial charge in [0.25, 0.3) is 5.91 Å². The van der Waals surface area contributed by atoms with Crippen molar-refractivity contribution in [3.63, 3.8) is 0 Å². The third kappa shape index (κ3) is 3.30. The van der Waals surface area contributed by atoms with Crippen LogP contribution in [0.2, 0.25) is 5.15 Å². The molecule has 0 unspecified atom stereocenters. The Kier molecular flexibility index (Phi) is 3.06. The molecule has 1 amide bonds. The quantitative estimate of drug-likeness (QED) is 0.772. The van der Waals surface area contributed by atoms with Gasteiger partial charge >= 0.3 is 0 Å². The molecule has 0 aliphatic rings. The van der Waals surface area contributed by atoms with E-state index in [1.54, 1.807) is 0 Å². The Labute approximate surface area is 87.7 Å². The Hall–Kier alpha value is -1.16. The second kappa shape index (κ2) is 3.92. The Morgan fingerprint density at radius 2 is 2.00 bits per heavy atom. The van der Waals surface area contributed by atoms with Crippen molar-refractivity contribution in [2.24, 2.45) is 0 Å². The average Bonchev–Trinajstić information content (AvgIpc) is 2.02. The topological polar surface area (TPSA) is 54.9 Å². The summed E-state index contributed by atoms with van der Waals surface area (Å²) in [5, 5.41) is 3.05. The molecule has 0 aliphatic heterocycles. The van der Waals surface area contributed by atoms with Gasteiger partial charge in [0, 0.05) is 5.54 Å². The van der Waals surface area contributed by atoms with Crippen LogP contribution in [0.1, 0.15) is 31.3 Å². The number of rotatable bonds is 1. The first-order valence-electron chi connectivity index (χ1n) is 4.18. The fraction of sp³-hybridized carbons (Fsp3) is 0.444. The minimum atomic E-state index is -0.279. The zero-order valence-electron chi connectivity index (χ0n) is 8.34. The number of nitrogens with one attached hydrogen (secondary N) is 1. The molecule has 0 saturated carbocycles. The van der Waals surface area contributed by atoms with E-state index < -0.39 is 0 Å². The molecule has 1 aromatic rings. The summed E-state index contributed by atoms with van der Waals surface area (Å²) in [6.07, 6.45) is 2.70. The van der Waals surface area contributed by atoms with Crippen molar-refractivity contribution in [3.05, 3.63) is 23.2 Å². The minimum absolute atomic E-state index is 0.248. The number of amides is 1. The van der Waals surface area contributed by atoms with Crippen molar-refractivity contribution in [2.45, 2.75) is 26.3 Å². The van der Waals surface area contributed by atoms with Crippen LogP contribution in [0.25, 0.3) is 0 Å². The van der Waals surface area contributed by atoms with Gasteiger partial charge in [-0.1, -0.05) is 11.6 Å². The van der Waals surface area contributed by atoms with E-state index >= 15 is 0 Å². The van der Waals surface area contributed by atoms with Gasteiger partial charge in [-0.25, -0.2) is 9.97 Å². The number of hydrogen-bond acceptors (Lipinski definition) is 3. The second-order valence-electron chi connectivity index (χ2n) is 3.93. The Balaban J connectivity index is 2.76. The van der Waals surface area contributed by atoms with Crippen LogP contribution in [-0.4, -0.2) is 21.4 Å². The smallest absolute Gasteiger partial charge is 0.271 e. The van der Waals surface area contributed by atoms with Crippen LogP contribution < -0.4 is 5.32 Å². The number of aromatic nitrogens is 2. The highest BCUT2D eigenvalue weighted by Crippen LogP contribution is 2.04. The van der Waals surface area contributed by atoms with Crippen molar-refractivity contribution in [1.29, 1.82) is 0 Å². The summed E-state index contributed by atoms with van der Waals surface area (Å²) in [4.78, 5) is 19.1. The molecular weight excluding hydrogens is 202 g/mol. The normalized spacial score (nSPS) is 11.1. The molecule has 0 atom stereocenters. The summed E-state index contributed by atoms with van der Waals surface area (Å²) < 4.78 is 0. The summed E-state index contributed by atoms with van der Waals surface area (Å²) in [6, 6.07) is 0. The van der Waals surface area contributed by atoms with Crippen molar-refractivity contribution < 1.29 is 4.79 Å². The summed E-state index contributed by atoms with van der Waals surface area (Å²) in [5.41, 5.74) is -0.0115. The molecule has 1 N–H and O–H groups in total. The van der Waals surface area contributed by atoms with Gasteiger partial charge in [-0.2, -0.15) is 0 Å². The van der Waals surface area contributed by atoms with E-state index in [2.05, 4.69) is 15.3 Å². The van der Waals surface area contributed by atoms with Crippen LogP contribution in [0.4, 0.5) is 0 Å². The lowest BCUT2D eigenvalue weighted by atomic mass is 10.1. The maximum Gasteiger partial charge on any atom is 0.271 e. The molecule has 0 saturated heterocycles. The molecule has 0 bridgehead atoms. The Bertz CT molecular complexity index is 329. The van der Waals surface area contributed by atoms with Gasteiger partial charge in [0.2, 0.25) is 0 Å². The number of carbonyl (C=O) groups excluding carboxylic acids is 1. The van der Waals surface area contributed by atoms with Gasteiger partial charge in [0.1, 0.15) is 10.8 Å². The molecule has 5 heteroatoms. The van der Waals surface area contributed by atoms with E-state index in [0.29, 0.717) is 0 Å². The predicted octanol–water partition coefficient (Wildman–Crippen LogP) is 1.66. The van der Waals surface area contributed by atoms with Gasteiger partial charge in [-0.05, 0) is 20.8 Å². The van der Waals surface area contributed by atoms with Crippen LogP contribution in [0.5, 0.6) is 0 Å². The highest BCUT2D eigenvalue weighted by molar-refractivity contribution is 6.29. The molecule has 0 aliphatic carbocycles. The number of carbonyl (C=O) groups is 1. The number of hydrogen-bond donors (Lipinski definition) is 1. The Morgan fingerprint density at radius 1 is 1.36 bits per heavy atom. The van der Waals surface area contributed by atoms with Crippen molar-refractivity contribution in [1.82, 2.24) is 15.3 Å². The zero-order valence-corrected chi connectivity index (χ0v) is 9.09. The molecule has 14 heavy (non-hydrogen) atoms. The molecule has 4 nitrogen and oxygen atoms in total. The van der Waals surface area contributed by atoms with Gasteiger partial charge in [-0.3, -0.25) is 4.79 Å². The summed E-state index contributed by atoms with van der Waals surface area (Å²) in [6.45, 7) is 5.69. The molecule has 1 heterocycles. The van der Waals surface area contributed by atoms with E-state index in [-0.39, 0.29) is 22.3 Å². The van der Waals surface area contributed by atoms with Crippen LogP contribution in [0, 0.1) is 0 Å². The number of nitrogens with zero attached hydrogens (tertiary/aromatic N) is 2. The molecule has 0 radical (unpaired) electrons. The van der Waals surface area contributed by atoms with Gasteiger partial charge in [-0.15, -0.1) is 0 Å². The van der Waals surface area contributed by atoms with Crippen molar-refractivity contribution in [2.75, 3.05) is 0 Å². The summed E-state index contributed by atoms with van der Waals surface area (Å²) in [5.74, 6) is -0.248. The monoisotopic (exact) mass is 213 g/mol. The molecule has 1 aromatic heterocycles. The van der Waals surface area contributed by atoms with Gasteiger partial charge in [0.15, 0.2) is 0 Å². The summed E-state index contributed by atoms with van der Waals surface area (Å²) in [7, 11) is 0. The van der Waals surface area contributed by atoms with E-state index in [9.17, 15) is 4.79 Å². The largest absolute Gasteiger partial charge is 0.346 e. The molecule has 0 fully saturated rings.